The molecule has 0 aliphatic carbocycles. The van der Waals surface area contributed by atoms with Gasteiger partial charge in [-0.3, -0.25) is 0 Å². The van der Waals surface area contributed by atoms with Crippen molar-refractivity contribution in [2.24, 2.45) is 0 Å². The maximum absolute atomic E-state index is 11.1. The second-order valence-electron chi connectivity index (χ2n) is 6.09. The summed E-state index contributed by atoms with van der Waals surface area (Å²) >= 11 is 1.36. The molecule has 2 aromatic rings. The lowest BCUT2D eigenvalue weighted by Gasteiger charge is -2.41. The van der Waals surface area contributed by atoms with Crippen LogP contribution in [-0.4, -0.2) is 67.8 Å². The van der Waals surface area contributed by atoms with Crippen LogP contribution in [0.15, 0.2) is 47.8 Å². The fraction of sp³-hybridized carbons (Fsp3) is 0.444. The smallest absolute Gasteiger partial charge is 0.124 e. The Morgan fingerprint density at radius 3 is 2.16 bits per heavy atom. The predicted octanol–water partition coefficient (Wildman–Crippen LogP) is -0.127. The number of benzene rings is 1. The second-order valence-corrected chi connectivity index (χ2v) is 7.07. The van der Waals surface area contributed by atoms with Gasteiger partial charge in [0.05, 0.1) is 13.2 Å². The van der Waals surface area contributed by atoms with E-state index in [4.69, 9.17) is 5.11 Å². The fourth-order valence-electron chi connectivity index (χ4n) is 2.89. The highest BCUT2D eigenvalue weighted by Gasteiger charge is 2.48. The van der Waals surface area contributed by atoms with E-state index in [1.807, 2.05) is 35.7 Å². The molecule has 1 unspecified atom stereocenters. The Morgan fingerprint density at radius 1 is 0.960 bits per heavy atom. The SMILES string of the molecule is OC[C@H](O)[C@@H](O)[C@H](O)[C@](O)(CO)C(Cc1ccccc1)c1cccs1. The fourth-order valence-corrected chi connectivity index (χ4v) is 3.81. The summed E-state index contributed by atoms with van der Waals surface area (Å²) in [7, 11) is 0. The van der Waals surface area contributed by atoms with Gasteiger partial charge in [-0.25, -0.2) is 0 Å². The Morgan fingerprint density at radius 2 is 1.64 bits per heavy atom. The molecule has 0 fully saturated rings. The zero-order valence-electron chi connectivity index (χ0n) is 13.6. The quantitative estimate of drug-likeness (QED) is 0.367. The minimum Gasteiger partial charge on any atom is -0.394 e. The van der Waals surface area contributed by atoms with Crippen molar-refractivity contribution in [3.05, 3.63) is 58.3 Å². The third kappa shape index (κ3) is 4.45. The molecule has 25 heavy (non-hydrogen) atoms. The third-order valence-electron chi connectivity index (χ3n) is 4.44. The van der Waals surface area contributed by atoms with Crippen LogP contribution in [0.3, 0.4) is 0 Å². The molecule has 2 rings (SSSR count). The van der Waals surface area contributed by atoms with Gasteiger partial charge < -0.3 is 30.6 Å². The van der Waals surface area contributed by atoms with Gasteiger partial charge in [-0.2, -0.15) is 0 Å². The molecule has 138 valence electrons. The number of aliphatic hydroxyl groups excluding tert-OH is 5. The third-order valence-corrected chi connectivity index (χ3v) is 5.43. The van der Waals surface area contributed by atoms with Crippen LogP contribution in [0, 0.1) is 0 Å². The maximum atomic E-state index is 11.1. The van der Waals surface area contributed by atoms with Gasteiger partial charge in [0.1, 0.15) is 23.9 Å². The number of thiophene rings is 1. The molecule has 1 heterocycles. The first-order chi connectivity index (χ1) is 11.9. The lowest BCUT2D eigenvalue weighted by Crippen LogP contribution is -2.59. The Labute approximate surface area is 150 Å². The minimum atomic E-state index is -2.10. The van der Waals surface area contributed by atoms with Gasteiger partial charge in [0.2, 0.25) is 0 Å². The van der Waals surface area contributed by atoms with E-state index in [1.54, 1.807) is 12.1 Å². The van der Waals surface area contributed by atoms with E-state index in [0.29, 0.717) is 6.42 Å². The number of aliphatic hydroxyl groups is 6. The van der Waals surface area contributed by atoms with Gasteiger partial charge in [0.15, 0.2) is 0 Å². The van der Waals surface area contributed by atoms with Gasteiger partial charge in [0, 0.05) is 10.8 Å². The normalized spacial score (nSPS) is 19.0. The van der Waals surface area contributed by atoms with E-state index in [1.165, 1.54) is 11.3 Å². The number of hydrogen-bond donors (Lipinski definition) is 6. The Kier molecular flexibility index (Phi) is 7.09. The van der Waals surface area contributed by atoms with Gasteiger partial charge in [0.25, 0.3) is 0 Å². The van der Waals surface area contributed by atoms with E-state index in [2.05, 4.69) is 0 Å². The molecule has 1 aromatic heterocycles. The predicted molar refractivity (Wildman–Crippen MR) is 94.3 cm³/mol. The lowest BCUT2D eigenvalue weighted by molar-refractivity contribution is -0.181. The number of hydrogen-bond acceptors (Lipinski definition) is 7. The van der Waals surface area contributed by atoms with E-state index in [-0.39, 0.29) is 0 Å². The summed E-state index contributed by atoms with van der Waals surface area (Å²) in [6.07, 6.45) is -4.97. The van der Waals surface area contributed by atoms with Gasteiger partial charge in [-0.1, -0.05) is 36.4 Å². The summed E-state index contributed by atoms with van der Waals surface area (Å²) in [6.45, 7) is -1.60. The van der Waals surface area contributed by atoms with Crippen LogP contribution in [0.5, 0.6) is 0 Å². The summed E-state index contributed by atoms with van der Waals surface area (Å²) in [5, 5.41) is 61.8. The van der Waals surface area contributed by atoms with E-state index < -0.39 is 43.0 Å². The Bertz CT molecular complexity index is 620. The average molecular weight is 368 g/mol. The van der Waals surface area contributed by atoms with Crippen molar-refractivity contribution in [1.82, 2.24) is 0 Å². The summed E-state index contributed by atoms with van der Waals surface area (Å²) in [6, 6.07) is 12.9. The molecule has 7 heteroatoms. The monoisotopic (exact) mass is 368 g/mol. The highest BCUT2D eigenvalue weighted by Crippen LogP contribution is 2.38. The van der Waals surface area contributed by atoms with Crippen molar-refractivity contribution in [1.29, 1.82) is 0 Å². The molecule has 0 amide bonds. The molecule has 0 radical (unpaired) electrons. The first-order valence-corrected chi connectivity index (χ1v) is 8.87. The topological polar surface area (TPSA) is 121 Å². The van der Waals surface area contributed by atoms with E-state index >= 15 is 0 Å². The Balaban J connectivity index is 2.38. The van der Waals surface area contributed by atoms with Gasteiger partial charge in [-0.15, -0.1) is 11.3 Å². The lowest BCUT2D eigenvalue weighted by atomic mass is 9.76. The molecule has 0 spiro atoms. The molecular formula is C18H24O6S. The van der Waals surface area contributed by atoms with Crippen molar-refractivity contribution in [3.63, 3.8) is 0 Å². The zero-order valence-corrected chi connectivity index (χ0v) is 14.5. The zero-order chi connectivity index (χ0) is 18.4. The van der Waals surface area contributed by atoms with Crippen LogP contribution in [0.4, 0.5) is 0 Å². The van der Waals surface area contributed by atoms with Crippen molar-refractivity contribution in [2.45, 2.75) is 36.3 Å². The Hall–Kier alpha value is -1.32. The molecule has 6 nitrogen and oxygen atoms in total. The van der Waals surface area contributed by atoms with E-state index in [0.717, 1.165) is 10.4 Å². The molecule has 6 N–H and O–H groups in total. The maximum Gasteiger partial charge on any atom is 0.124 e. The molecule has 0 aliphatic rings. The minimum absolute atomic E-state index is 0.317. The summed E-state index contributed by atoms with van der Waals surface area (Å²) < 4.78 is 0. The molecule has 5 atom stereocenters. The molecule has 1 aromatic carbocycles. The van der Waals surface area contributed by atoms with Crippen LogP contribution in [0.1, 0.15) is 16.4 Å². The summed E-state index contributed by atoms with van der Waals surface area (Å²) in [4.78, 5) is 0.727. The molecule has 0 bridgehead atoms. The van der Waals surface area contributed by atoms with E-state index in [9.17, 15) is 25.5 Å². The number of rotatable bonds is 9. The van der Waals surface area contributed by atoms with Crippen molar-refractivity contribution in [3.8, 4) is 0 Å². The average Bonchev–Trinajstić information content (AvgIpc) is 3.18. The summed E-state index contributed by atoms with van der Waals surface area (Å²) in [5.41, 5.74) is -1.21. The first-order valence-electron chi connectivity index (χ1n) is 7.99. The molecule has 0 aliphatic heterocycles. The highest BCUT2D eigenvalue weighted by atomic mass is 32.1. The first kappa shape index (κ1) is 20.0. The van der Waals surface area contributed by atoms with Crippen LogP contribution >= 0.6 is 11.3 Å². The van der Waals surface area contributed by atoms with Crippen molar-refractivity contribution < 1.29 is 30.6 Å². The van der Waals surface area contributed by atoms with Gasteiger partial charge in [-0.05, 0) is 23.4 Å². The molecule has 0 saturated carbocycles. The van der Waals surface area contributed by atoms with Crippen molar-refractivity contribution >= 4 is 11.3 Å². The van der Waals surface area contributed by atoms with Crippen LogP contribution in [0.2, 0.25) is 0 Å². The molecular weight excluding hydrogens is 344 g/mol. The standard InChI is InChI=1S/C18H24O6S/c19-10-14(21)16(22)17(23)18(24,11-20)13(15-7-4-8-25-15)9-12-5-2-1-3-6-12/h1-8,13-14,16-17,19-24H,9-11H2/t13?,14-,16+,17-,18-/m0/s1. The summed E-state index contributed by atoms with van der Waals surface area (Å²) in [5.74, 6) is -0.713. The second kappa shape index (κ2) is 8.86. The van der Waals surface area contributed by atoms with Crippen molar-refractivity contribution in [2.75, 3.05) is 13.2 Å². The highest BCUT2D eigenvalue weighted by molar-refractivity contribution is 7.10. The van der Waals surface area contributed by atoms with Crippen LogP contribution in [-0.2, 0) is 6.42 Å². The van der Waals surface area contributed by atoms with Crippen LogP contribution in [0.25, 0.3) is 0 Å². The van der Waals surface area contributed by atoms with Gasteiger partial charge >= 0.3 is 0 Å². The van der Waals surface area contributed by atoms with Crippen LogP contribution < -0.4 is 0 Å². The molecule has 0 saturated heterocycles. The largest absolute Gasteiger partial charge is 0.394 e.